The Balaban J connectivity index is 3.09. The van der Waals surface area contributed by atoms with Crippen LogP contribution in [-0.4, -0.2) is 0 Å². The van der Waals surface area contributed by atoms with Crippen molar-refractivity contribution in [3.05, 3.63) is 0 Å². The van der Waals surface area contributed by atoms with Gasteiger partial charge in [0.15, 0.2) is 0 Å². The maximum Gasteiger partial charge on any atom is -0.0443 e. The van der Waals surface area contributed by atoms with Gasteiger partial charge in [0, 0.05) is 0 Å². The Morgan fingerprint density at radius 2 is 0.577 bits per heavy atom. The van der Waals surface area contributed by atoms with Crippen molar-refractivity contribution < 1.29 is 0 Å². The smallest absolute Gasteiger partial charge is 0.0443 e. The van der Waals surface area contributed by atoms with Gasteiger partial charge in [0.1, 0.15) is 0 Å². The Morgan fingerprint density at radius 1 is 0.346 bits per heavy atom. The second-order valence-electron chi connectivity index (χ2n) is 9.05. The van der Waals surface area contributed by atoms with Crippen molar-refractivity contribution in [3.8, 4) is 0 Å². The molecular weight excluding hydrogens is 312 g/mol. The predicted octanol–water partition coefficient (Wildman–Crippen LogP) is 10.2. The van der Waals surface area contributed by atoms with E-state index in [0.29, 0.717) is 0 Å². The lowest BCUT2D eigenvalue weighted by Crippen LogP contribution is -1.95. The van der Waals surface area contributed by atoms with Crippen LogP contribution in [0.5, 0.6) is 0 Å². The van der Waals surface area contributed by atoms with E-state index in [1.165, 1.54) is 141 Å². The zero-order valence-electron chi connectivity index (χ0n) is 19.1. The molecule has 0 spiro atoms. The van der Waals surface area contributed by atoms with Crippen LogP contribution in [0.25, 0.3) is 0 Å². The van der Waals surface area contributed by atoms with E-state index in [2.05, 4.69) is 20.8 Å². The second kappa shape index (κ2) is 23.0. The highest BCUT2D eigenvalue weighted by Crippen LogP contribution is 2.19. The molecular formula is C26H54. The van der Waals surface area contributed by atoms with Gasteiger partial charge >= 0.3 is 0 Å². The summed E-state index contributed by atoms with van der Waals surface area (Å²) in [5.41, 5.74) is 0. The number of hydrogen-bond acceptors (Lipinski definition) is 0. The molecule has 0 heterocycles. The number of rotatable bonds is 22. The van der Waals surface area contributed by atoms with E-state index in [1.54, 1.807) is 0 Å². The van der Waals surface area contributed by atoms with Gasteiger partial charge in [-0.3, -0.25) is 0 Å². The number of unbranched alkanes of at least 4 members (excludes halogenated alkanes) is 18. The molecule has 0 aromatic rings. The van der Waals surface area contributed by atoms with Crippen molar-refractivity contribution >= 4 is 0 Å². The van der Waals surface area contributed by atoms with Crippen LogP contribution in [0.15, 0.2) is 0 Å². The fourth-order valence-electron chi connectivity index (χ4n) is 4.10. The monoisotopic (exact) mass is 366 g/mol. The lowest BCUT2D eigenvalue weighted by molar-refractivity contribution is 0.430. The highest BCUT2D eigenvalue weighted by atomic mass is 14.1. The molecule has 0 aliphatic carbocycles. The summed E-state index contributed by atoms with van der Waals surface area (Å²) in [6, 6.07) is 0. The molecule has 0 bridgehead atoms. The average Bonchev–Trinajstić information content (AvgIpc) is 2.65. The van der Waals surface area contributed by atoms with Crippen molar-refractivity contribution in [1.29, 1.82) is 0 Å². The summed E-state index contributed by atoms with van der Waals surface area (Å²) in [6.07, 6.45) is 32.3. The number of hydrogen-bond donors (Lipinski definition) is 0. The zero-order valence-corrected chi connectivity index (χ0v) is 19.1. The first-order valence-electron chi connectivity index (χ1n) is 12.8. The van der Waals surface area contributed by atoms with Crippen molar-refractivity contribution in [2.24, 2.45) is 5.92 Å². The molecule has 0 aromatic carbocycles. The van der Waals surface area contributed by atoms with E-state index in [9.17, 15) is 0 Å². The van der Waals surface area contributed by atoms with Crippen LogP contribution in [0.4, 0.5) is 0 Å². The molecule has 0 amide bonds. The highest BCUT2D eigenvalue weighted by Gasteiger charge is 2.02. The summed E-state index contributed by atoms with van der Waals surface area (Å²) in [7, 11) is 0. The third kappa shape index (κ3) is 22.0. The summed E-state index contributed by atoms with van der Waals surface area (Å²) >= 11 is 0. The van der Waals surface area contributed by atoms with Gasteiger partial charge in [-0.15, -0.1) is 0 Å². The Morgan fingerprint density at radius 3 is 0.846 bits per heavy atom. The molecule has 0 saturated heterocycles. The zero-order chi connectivity index (χ0) is 19.1. The standard InChI is InChI=1S/C26H54/c1-4-6-8-10-12-13-14-15-16-17-18-19-21-23-25-26(3)24-22-20-11-9-7-5-2/h26H,4-25H2,1-3H3/t26-/m1/s1. The van der Waals surface area contributed by atoms with E-state index in [4.69, 9.17) is 0 Å². The average molecular weight is 367 g/mol. The SMILES string of the molecule is CCCCCCCCCCCCCCCC[C@H](C)CCCCCCCC. The molecule has 0 saturated carbocycles. The molecule has 0 fully saturated rings. The maximum atomic E-state index is 2.48. The van der Waals surface area contributed by atoms with Crippen molar-refractivity contribution in [2.75, 3.05) is 0 Å². The molecule has 0 nitrogen and oxygen atoms in total. The Hall–Kier alpha value is 0. The van der Waals surface area contributed by atoms with E-state index in [1.807, 2.05) is 0 Å². The quantitative estimate of drug-likeness (QED) is 0.167. The molecule has 0 aliphatic rings. The van der Waals surface area contributed by atoms with Gasteiger partial charge in [0.25, 0.3) is 0 Å². The van der Waals surface area contributed by atoms with Gasteiger partial charge in [-0.1, -0.05) is 162 Å². The summed E-state index contributed by atoms with van der Waals surface area (Å²) in [5, 5.41) is 0. The normalized spacial score (nSPS) is 12.6. The minimum absolute atomic E-state index is 0.971. The van der Waals surface area contributed by atoms with Crippen LogP contribution in [0, 0.1) is 5.92 Å². The van der Waals surface area contributed by atoms with Crippen LogP contribution < -0.4 is 0 Å². The topological polar surface area (TPSA) is 0 Å². The van der Waals surface area contributed by atoms with Gasteiger partial charge in [-0.05, 0) is 5.92 Å². The Bertz CT molecular complexity index is 232. The predicted molar refractivity (Wildman–Crippen MR) is 122 cm³/mol. The summed E-state index contributed by atoms with van der Waals surface area (Å²) in [5.74, 6) is 0.971. The summed E-state index contributed by atoms with van der Waals surface area (Å²) < 4.78 is 0. The van der Waals surface area contributed by atoms with E-state index in [-0.39, 0.29) is 0 Å². The molecule has 0 rings (SSSR count). The second-order valence-corrected chi connectivity index (χ2v) is 9.05. The van der Waals surface area contributed by atoms with Crippen LogP contribution in [0.1, 0.15) is 162 Å². The highest BCUT2D eigenvalue weighted by molar-refractivity contribution is 4.56. The first kappa shape index (κ1) is 26.0. The molecule has 158 valence electrons. The molecule has 1 atom stereocenters. The van der Waals surface area contributed by atoms with Crippen molar-refractivity contribution in [1.82, 2.24) is 0 Å². The molecule has 0 aromatic heterocycles. The molecule has 0 radical (unpaired) electrons. The fraction of sp³-hybridized carbons (Fsp3) is 1.00. The minimum atomic E-state index is 0.971. The van der Waals surface area contributed by atoms with Crippen molar-refractivity contribution in [2.45, 2.75) is 162 Å². The molecule has 0 N–H and O–H groups in total. The van der Waals surface area contributed by atoms with Crippen LogP contribution in [0.2, 0.25) is 0 Å². The van der Waals surface area contributed by atoms with Gasteiger partial charge in [-0.25, -0.2) is 0 Å². The summed E-state index contributed by atoms with van der Waals surface area (Å²) in [4.78, 5) is 0. The van der Waals surface area contributed by atoms with E-state index in [0.717, 1.165) is 5.92 Å². The van der Waals surface area contributed by atoms with Gasteiger partial charge in [0.05, 0.1) is 0 Å². The fourth-order valence-corrected chi connectivity index (χ4v) is 4.10. The van der Waals surface area contributed by atoms with Crippen molar-refractivity contribution in [3.63, 3.8) is 0 Å². The third-order valence-electron chi connectivity index (χ3n) is 6.10. The molecule has 26 heavy (non-hydrogen) atoms. The van der Waals surface area contributed by atoms with Gasteiger partial charge in [-0.2, -0.15) is 0 Å². The maximum absolute atomic E-state index is 2.48. The van der Waals surface area contributed by atoms with Crippen LogP contribution >= 0.6 is 0 Å². The lowest BCUT2D eigenvalue weighted by atomic mass is 9.96. The largest absolute Gasteiger partial charge is 0.0654 e. The lowest BCUT2D eigenvalue weighted by Gasteiger charge is -2.11. The van der Waals surface area contributed by atoms with E-state index >= 15 is 0 Å². The molecule has 0 unspecified atom stereocenters. The van der Waals surface area contributed by atoms with Gasteiger partial charge < -0.3 is 0 Å². The minimum Gasteiger partial charge on any atom is -0.0654 e. The van der Waals surface area contributed by atoms with Crippen LogP contribution in [-0.2, 0) is 0 Å². The first-order chi connectivity index (χ1) is 12.8. The molecule has 0 aliphatic heterocycles. The van der Waals surface area contributed by atoms with Crippen LogP contribution in [0.3, 0.4) is 0 Å². The van der Waals surface area contributed by atoms with E-state index < -0.39 is 0 Å². The Kier molecular flexibility index (Phi) is 23.0. The van der Waals surface area contributed by atoms with Gasteiger partial charge in [0.2, 0.25) is 0 Å². The third-order valence-corrected chi connectivity index (χ3v) is 6.10. The Labute approximate surface area is 168 Å². The summed E-state index contributed by atoms with van der Waals surface area (Å²) in [6.45, 7) is 7.09. The molecule has 0 heteroatoms. The first-order valence-corrected chi connectivity index (χ1v) is 12.8.